The van der Waals surface area contributed by atoms with Gasteiger partial charge in [0, 0.05) is 5.56 Å². The zero-order valence-corrected chi connectivity index (χ0v) is 11.1. The molecule has 1 aromatic rings. The van der Waals surface area contributed by atoms with Gasteiger partial charge in [-0.25, -0.2) is 0 Å². The largest absolute Gasteiger partial charge is 0.295 e. The summed E-state index contributed by atoms with van der Waals surface area (Å²) in [5, 5.41) is 0. The van der Waals surface area contributed by atoms with Crippen molar-refractivity contribution in [3.05, 3.63) is 34.9 Å². The first-order valence-electron chi connectivity index (χ1n) is 6.69. The molecule has 1 heteroatoms. The van der Waals surface area contributed by atoms with Gasteiger partial charge in [-0.05, 0) is 44.1 Å². The zero-order chi connectivity index (χ0) is 12.4. The molecular weight excluding hydrogens is 208 g/mol. The molecule has 1 aliphatic carbocycles. The molecule has 0 radical (unpaired) electrons. The maximum Gasteiger partial charge on any atom is 0.160 e. The first kappa shape index (κ1) is 12.3. The molecule has 0 aliphatic heterocycles. The summed E-state index contributed by atoms with van der Waals surface area (Å²) in [6, 6.07) is 6.27. The smallest absolute Gasteiger partial charge is 0.160 e. The van der Waals surface area contributed by atoms with Crippen LogP contribution in [0.4, 0.5) is 0 Å². The Bertz CT molecular complexity index is 412. The van der Waals surface area contributed by atoms with E-state index in [4.69, 9.17) is 0 Å². The summed E-state index contributed by atoms with van der Waals surface area (Å²) in [6.45, 7) is 6.12. The Kier molecular flexibility index (Phi) is 3.66. The van der Waals surface area contributed by atoms with Gasteiger partial charge in [-0.2, -0.15) is 0 Å². The van der Waals surface area contributed by atoms with Gasteiger partial charge in [0.2, 0.25) is 0 Å². The Morgan fingerprint density at radius 3 is 2.41 bits per heavy atom. The molecule has 0 spiro atoms. The summed E-state index contributed by atoms with van der Waals surface area (Å²) in [7, 11) is 0. The molecule has 17 heavy (non-hydrogen) atoms. The van der Waals surface area contributed by atoms with Gasteiger partial charge >= 0.3 is 0 Å². The Balaban J connectivity index is 2.30. The molecule has 1 fully saturated rings. The monoisotopic (exact) mass is 230 g/mol. The van der Waals surface area contributed by atoms with Crippen LogP contribution in [0.15, 0.2) is 18.2 Å². The van der Waals surface area contributed by atoms with Crippen LogP contribution in [0.5, 0.6) is 0 Å². The van der Waals surface area contributed by atoms with Gasteiger partial charge < -0.3 is 0 Å². The number of ketones is 1. The summed E-state index contributed by atoms with van der Waals surface area (Å²) in [6.07, 6.45) is 5.09. The summed E-state index contributed by atoms with van der Waals surface area (Å²) in [4.78, 5) is 11.7. The van der Waals surface area contributed by atoms with E-state index >= 15 is 0 Å². The molecule has 0 unspecified atom stereocenters. The van der Waals surface area contributed by atoms with Crippen molar-refractivity contribution >= 4 is 5.78 Å². The summed E-state index contributed by atoms with van der Waals surface area (Å²) in [5.74, 6) is 1.67. The maximum atomic E-state index is 11.7. The molecule has 2 rings (SSSR count). The topological polar surface area (TPSA) is 17.1 Å². The van der Waals surface area contributed by atoms with Crippen molar-refractivity contribution in [1.29, 1.82) is 0 Å². The van der Waals surface area contributed by atoms with E-state index in [9.17, 15) is 4.79 Å². The van der Waals surface area contributed by atoms with Gasteiger partial charge in [-0.1, -0.05) is 43.5 Å². The lowest BCUT2D eigenvalue weighted by atomic mass is 9.77. The van der Waals surface area contributed by atoms with Crippen molar-refractivity contribution < 1.29 is 4.79 Å². The van der Waals surface area contributed by atoms with E-state index in [0.29, 0.717) is 5.92 Å². The first-order chi connectivity index (χ1) is 8.08. The fourth-order valence-electron chi connectivity index (χ4n) is 2.91. The molecule has 0 bridgehead atoms. The second-order valence-corrected chi connectivity index (χ2v) is 5.60. The number of hydrogen-bond donors (Lipinski definition) is 0. The van der Waals surface area contributed by atoms with Crippen molar-refractivity contribution in [2.45, 2.75) is 52.4 Å². The van der Waals surface area contributed by atoms with E-state index in [1.54, 1.807) is 6.92 Å². The third-order valence-corrected chi connectivity index (χ3v) is 4.04. The van der Waals surface area contributed by atoms with Crippen LogP contribution in [-0.2, 0) is 0 Å². The number of Topliss-reactive ketones (excluding diaryl/α,β-unsaturated/α-hetero) is 1. The van der Waals surface area contributed by atoms with E-state index in [2.05, 4.69) is 19.9 Å². The second kappa shape index (κ2) is 5.03. The summed E-state index contributed by atoms with van der Waals surface area (Å²) >= 11 is 0. The van der Waals surface area contributed by atoms with Crippen LogP contribution in [0.2, 0.25) is 0 Å². The number of benzene rings is 1. The highest BCUT2D eigenvalue weighted by Gasteiger charge is 2.22. The van der Waals surface area contributed by atoms with Gasteiger partial charge in [0.25, 0.3) is 0 Å². The Hall–Kier alpha value is -1.11. The van der Waals surface area contributed by atoms with E-state index in [0.717, 1.165) is 11.5 Å². The third kappa shape index (κ3) is 2.77. The molecule has 0 saturated heterocycles. The molecule has 92 valence electrons. The predicted octanol–water partition coefficient (Wildman–Crippen LogP) is 4.49. The number of rotatable bonds is 2. The normalized spacial score (nSPS) is 24.6. The molecule has 0 atom stereocenters. The zero-order valence-electron chi connectivity index (χ0n) is 11.1. The molecule has 1 aliphatic rings. The molecule has 1 nitrogen and oxygen atoms in total. The molecule has 0 N–H and O–H groups in total. The molecule has 1 aromatic carbocycles. The Morgan fingerprint density at radius 2 is 1.82 bits per heavy atom. The Labute approximate surface area is 104 Å². The van der Waals surface area contributed by atoms with Crippen molar-refractivity contribution in [3.8, 4) is 0 Å². The van der Waals surface area contributed by atoms with Crippen LogP contribution in [0, 0.1) is 12.8 Å². The number of carbonyl (C=O) groups is 1. The van der Waals surface area contributed by atoms with Gasteiger partial charge in [0.05, 0.1) is 0 Å². The highest BCUT2D eigenvalue weighted by Crippen LogP contribution is 2.37. The molecule has 0 aromatic heterocycles. The lowest BCUT2D eigenvalue weighted by Gasteiger charge is -2.28. The van der Waals surface area contributed by atoms with E-state index in [1.807, 2.05) is 12.1 Å². The van der Waals surface area contributed by atoms with Crippen LogP contribution in [0.3, 0.4) is 0 Å². The van der Waals surface area contributed by atoms with Crippen LogP contribution in [0.25, 0.3) is 0 Å². The average molecular weight is 230 g/mol. The summed E-state index contributed by atoms with van der Waals surface area (Å²) < 4.78 is 0. The van der Waals surface area contributed by atoms with Crippen LogP contribution in [-0.4, -0.2) is 5.78 Å². The maximum absolute atomic E-state index is 11.7. The summed E-state index contributed by atoms with van der Waals surface area (Å²) in [5.41, 5.74) is 3.50. The SMILES string of the molecule is CC(=O)c1ccc(C)cc1C1CCC(C)CC1. The molecule has 1 saturated carbocycles. The minimum atomic E-state index is 0.207. The van der Waals surface area contributed by atoms with Gasteiger partial charge in [-0.3, -0.25) is 4.79 Å². The minimum absolute atomic E-state index is 0.207. The van der Waals surface area contributed by atoms with Crippen molar-refractivity contribution in [1.82, 2.24) is 0 Å². The molecular formula is C16H22O. The number of carbonyl (C=O) groups excluding carboxylic acids is 1. The second-order valence-electron chi connectivity index (χ2n) is 5.60. The van der Waals surface area contributed by atoms with Crippen molar-refractivity contribution in [3.63, 3.8) is 0 Å². The fraction of sp³-hybridized carbons (Fsp3) is 0.562. The highest BCUT2D eigenvalue weighted by molar-refractivity contribution is 5.95. The van der Waals surface area contributed by atoms with Crippen molar-refractivity contribution in [2.24, 2.45) is 5.92 Å². The van der Waals surface area contributed by atoms with Gasteiger partial charge in [0.15, 0.2) is 5.78 Å². The lowest BCUT2D eigenvalue weighted by Crippen LogP contribution is -2.13. The fourth-order valence-corrected chi connectivity index (χ4v) is 2.91. The van der Waals surface area contributed by atoms with Crippen LogP contribution in [0.1, 0.15) is 66.9 Å². The third-order valence-electron chi connectivity index (χ3n) is 4.04. The standard InChI is InChI=1S/C16H22O/c1-11-4-7-14(8-5-11)16-10-12(2)6-9-15(16)13(3)17/h6,9-11,14H,4-5,7-8H2,1-3H3. The lowest BCUT2D eigenvalue weighted by molar-refractivity contribution is 0.101. The predicted molar refractivity (Wildman–Crippen MR) is 71.6 cm³/mol. The first-order valence-corrected chi connectivity index (χ1v) is 6.69. The van der Waals surface area contributed by atoms with Crippen molar-refractivity contribution in [2.75, 3.05) is 0 Å². The van der Waals surface area contributed by atoms with E-state index < -0.39 is 0 Å². The van der Waals surface area contributed by atoms with E-state index in [1.165, 1.54) is 36.8 Å². The number of hydrogen-bond acceptors (Lipinski definition) is 1. The average Bonchev–Trinajstić information content (AvgIpc) is 2.29. The number of aryl methyl sites for hydroxylation is 1. The highest BCUT2D eigenvalue weighted by atomic mass is 16.1. The minimum Gasteiger partial charge on any atom is -0.295 e. The van der Waals surface area contributed by atoms with Gasteiger partial charge in [-0.15, -0.1) is 0 Å². The van der Waals surface area contributed by atoms with Crippen LogP contribution < -0.4 is 0 Å². The van der Waals surface area contributed by atoms with E-state index in [-0.39, 0.29) is 5.78 Å². The van der Waals surface area contributed by atoms with Gasteiger partial charge in [0.1, 0.15) is 0 Å². The van der Waals surface area contributed by atoms with Crippen LogP contribution >= 0.6 is 0 Å². The molecule has 0 heterocycles. The molecule has 0 amide bonds. The quantitative estimate of drug-likeness (QED) is 0.684. The Morgan fingerprint density at radius 1 is 1.18 bits per heavy atom.